The molecule has 3 aliphatic rings. The molecule has 1 aromatic rings. The van der Waals surface area contributed by atoms with Crippen LogP contribution in [0.5, 0.6) is 0 Å². The van der Waals surface area contributed by atoms with Gasteiger partial charge in [0.1, 0.15) is 0 Å². The highest BCUT2D eigenvalue weighted by Crippen LogP contribution is 2.28. The molecule has 0 spiro atoms. The average Bonchev–Trinajstić information content (AvgIpc) is 3.41. The predicted molar refractivity (Wildman–Crippen MR) is 97.6 cm³/mol. The minimum absolute atomic E-state index is 0.0696. The summed E-state index contributed by atoms with van der Waals surface area (Å²) >= 11 is 0. The maximum atomic E-state index is 12.7. The number of hydrogen-bond donors (Lipinski definition) is 1. The van der Waals surface area contributed by atoms with E-state index in [-0.39, 0.29) is 35.1 Å². The van der Waals surface area contributed by atoms with Gasteiger partial charge in [0.25, 0.3) is 0 Å². The zero-order valence-electron chi connectivity index (χ0n) is 15.0. The van der Waals surface area contributed by atoms with Crippen molar-refractivity contribution >= 4 is 27.5 Å². The largest absolute Gasteiger partial charge is 0.379 e. The van der Waals surface area contributed by atoms with Gasteiger partial charge in [0.05, 0.1) is 24.0 Å². The van der Waals surface area contributed by atoms with Crippen molar-refractivity contribution < 1.29 is 22.7 Å². The number of anilines is 1. The maximum Gasteiger partial charge on any atom is 0.243 e. The molecule has 27 heavy (non-hydrogen) atoms. The van der Waals surface area contributed by atoms with E-state index >= 15 is 0 Å². The van der Waals surface area contributed by atoms with Crippen LogP contribution in [0, 0.1) is 5.92 Å². The van der Waals surface area contributed by atoms with Crippen molar-refractivity contribution in [1.82, 2.24) is 9.62 Å². The van der Waals surface area contributed by atoms with Gasteiger partial charge in [-0.2, -0.15) is 4.31 Å². The molecule has 1 atom stereocenters. The fourth-order valence-corrected chi connectivity index (χ4v) is 4.82. The molecule has 1 N–H and O–H groups in total. The van der Waals surface area contributed by atoms with E-state index in [0.29, 0.717) is 38.5 Å². The van der Waals surface area contributed by atoms with Crippen LogP contribution in [0.2, 0.25) is 0 Å². The van der Waals surface area contributed by atoms with Gasteiger partial charge in [-0.3, -0.25) is 9.59 Å². The summed E-state index contributed by atoms with van der Waals surface area (Å²) in [5, 5.41) is 2.94. The highest BCUT2D eigenvalue weighted by molar-refractivity contribution is 7.89. The average molecular weight is 393 g/mol. The summed E-state index contributed by atoms with van der Waals surface area (Å²) in [6.07, 6.45) is 2.21. The van der Waals surface area contributed by atoms with Crippen molar-refractivity contribution in [2.24, 2.45) is 5.92 Å². The Morgan fingerprint density at radius 1 is 1.11 bits per heavy atom. The molecular weight excluding hydrogens is 370 g/mol. The SMILES string of the molecule is O=C(NC1CC1)C1CC(=O)N(c2ccc(S(=O)(=O)N3CCOCC3)cc2)C1. The molecule has 3 fully saturated rings. The number of carbonyl (C=O) groups excluding carboxylic acids is 2. The lowest BCUT2D eigenvalue weighted by Crippen LogP contribution is -2.40. The quantitative estimate of drug-likeness (QED) is 0.778. The van der Waals surface area contributed by atoms with Gasteiger partial charge in [0, 0.05) is 37.8 Å². The van der Waals surface area contributed by atoms with Crippen LogP contribution in [0.25, 0.3) is 0 Å². The minimum Gasteiger partial charge on any atom is -0.379 e. The lowest BCUT2D eigenvalue weighted by atomic mass is 10.1. The summed E-state index contributed by atoms with van der Waals surface area (Å²) < 4.78 is 32.0. The second kappa shape index (κ2) is 7.21. The van der Waals surface area contributed by atoms with Gasteiger partial charge in [-0.15, -0.1) is 0 Å². The van der Waals surface area contributed by atoms with E-state index in [2.05, 4.69) is 5.32 Å². The van der Waals surface area contributed by atoms with Gasteiger partial charge in [-0.25, -0.2) is 8.42 Å². The van der Waals surface area contributed by atoms with Crippen molar-refractivity contribution in [2.75, 3.05) is 37.7 Å². The standard InChI is InChI=1S/C18H23N3O5S/c22-17-11-13(18(23)19-14-1-2-14)12-21(17)15-3-5-16(6-4-15)27(24,25)20-7-9-26-10-8-20/h3-6,13-14H,1-2,7-12H2,(H,19,23). The van der Waals surface area contributed by atoms with Gasteiger partial charge in [-0.1, -0.05) is 0 Å². The van der Waals surface area contributed by atoms with Crippen LogP contribution in [-0.4, -0.2) is 63.4 Å². The molecule has 4 rings (SSSR count). The van der Waals surface area contributed by atoms with E-state index in [1.165, 1.54) is 16.4 Å². The van der Waals surface area contributed by atoms with Gasteiger partial charge in [0.15, 0.2) is 0 Å². The molecule has 2 amide bonds. The molecule has 1 saturated carbocycles. The molecule has 1 unspecified atom stereocenters. The Morgan fingerprint density at radius 2 is 1.78 bits per heavy atom. The Bertz CT molecular complexity index is 829. The molecule has 9 heteroatoms. The van der Waals surface area contributed by atoms with E-state index < -0.39 is 10.0 Å². The molecule has 1 aromatic carbocycles. The summed E-state index contributed by atoms with van der Waals surface area (Å²) in [5.74, 6) is -0.538. The smallest absolute Gasteiger partial charge is 0.243 e. The number of nitrogens with zero attached hydrogens (tertiary/aromatic N) is 2. The van der Waals surface area contributed by atoms with E-state index in [1.807, 2.05) is 0 Å². The number of amides is 2. The molecule has 2 heterocycles. The van der Waals surface area contributed by atoms with Gasteiger partial charge >= 0.3 is 0 Å². The molecule has 1 aliphatic carbocycles. The summed E-state index contributed by atoms with van der Waals surface area (Å²) in [7, 11) is -3.56. The van der Waals surface area contributed by atoms with Crippen molar-refractivity contribution in [3.8, 4) is 0 Å². The molecule has 2 saturated heterocycles. The number of ether oxygens (including phenoxy) is 1. The number of hydrogen-bond acceptors (Lipinski definition) is 5. The van der Waals surface area contributed by atoms with E-state index in [1.54, 1.807) is 17.0 Å². The number of rotatable bonds is 5. The first-order chi connectivity index (χ1) is 12.9. The third-order valence-corrected chi connectivity index (χ3v) is 7.09. The zero-order chi connectivity index (χ0) is 19.0. The number of nitrogens with one attached hydrogen (secondary N) is 1. The molecule has 8 nitrogen and oxygen atoms in total. The van der Waals surface area contributed by atoms with Crippen LogP contribution in [0.3, 0.4) is 0 Å². The lowest BCUT2D eigenvalue weighted by Gasteiger charge is -2.26. The fraction of sp³-hybridized carbons (Fsp3) is 0.556. The third kappa shape index (κ3) is 3.85. The first kappa shape index (κ1) is 18.4. The molecular formula is C18H23N3O5S. The summed E-state index contributed by atoms with van der Waals surface area (Å²) in [6, 6.07) is 6.57. The van der Waals surface area contributed by atoms with Crippen LogP contribution in [0.4, 0.5) is 5.69 Å². The highest BCUT2D eigenvalue weighted by Gasteiger charge is 2.37. The second-order valence-electron chi connectivity index (χ2n) is 7.20. The Morgan fingerprint density at radius 3 is 2.41 bits per heavy atom. The lowest BCUT2D eigenvalue weighted by molar-refractivity contribution is -0.126. The van der Waals surface area contributed by atoms with Crippen LogP contribution >= 0.6 is 0 Å². The Hall–Kier alpha value is -1.97. The van der Waals surface area contributed by atoms with E-state index in [4.69, 9.17) is 4.74 Å². The topological polar surface area (TPSA) is 96.0 Å². The van der Waals surface area contributed by atoms with Crippen LogP contribution < -0.4 is 10.2 Å². The van der Waals surface area contributed by atoms with Gasteiger partial charge in [-0.05, 0) is 37.1 Å². The van der Waals surface area contributed by atoms with Crippen molar-refractivity contribution in [3.05, 3.63) is 24.3 Å². The van der Waals surface area contributed by atoms with Crippen LogP contribution in [0.1, 0.15) is 19.3 Å². The maximum absolute atomic E-state index is 12.7. The number of sulfonamides is 1. The number of carbonyl (C=O) groups is 2. The van der Waals surface area contributed by atoms with Crippen LogP contribution in [-0.2, 0) is 24.3 Å². The van der Waals surface area contributed by atoms with Gasteiger partial charge < -0.3 is 15.0 Å². The predicted octanol–water partition coefficient (Wildman–Crippen LogP) is 0.339. The summed E-state index contributed by atoms with van der Waals surface area (Å²) in [6.45, 7) is 1.79. The monoisotopic (exact) mass is 393 g/mol. The Balaban J connectivity index is 1.45. The molecule has 146 valence electrons. The normalized spacial score (nSPS) is 24.2. The zero-order valence-corrected chi connectivity index (χ0v) is 15.8. The Kier molecular flexibility index (Phi) is 4.92. The first-order valence-electron chi connectivity index (χ1n) is 9.24. The fourth-order valence-electron chi connectivity index (χ4n) is 3.41. The van der Waals surface area contributed by atoms with Gasteiger partial charge in [0.2, 0.25) is 21.8 Å². The molecule has 0 bridgehead atoms. The number of benzene rings is 1. The van der Waals surface area contributed by atoms with Crippen molar-refractivity contribution in [2.45, 2.75) is 30.2 Å². The molecule has 0 radical (unpaired) electrons. The third-order valence-electron chi connectivity index (χ3n) is 5.18. The highest BCUT2D eigenvalue weighted by atomic mass is 32.2. The Labute approximate surface area is 158 Å². The van der Waals surface area contributed by atoms with E-state index in [0.717, 1.165) is 12.8 Å². The summed E-state index contributed by atoms with van der Waals surface area (Å²) in [5.41, 5.74) is 0.614. The summed E-state index contributed by atoms with van der Waals surface area (Å²) in [4.78, 5) is 26.3. The number of morpholine rings is 1. The van der Waals surface area contributed by atoms with Crippen molar-refractivity contribution in [1.29, 1.82) is 0 Å². The second-order valence-corrected chi connectivity index (χ2v) is 9.14. The first-order valence-corrected chi connectivity index (χ1v) is 10.7. The molecule has 0 aromatic heterocycles. The van der Waals surface area contributed by atoms with Crippen LogP contribution in [0.15, 0.2) is 29.2 Å². The van der Waals surface area contributed by atoms with E-state index in [9.17, 15) is 18.0 Å². The molecule has 2 aliphatic heterocycles. The van der Waals surface area contributed by atoms with Crippen molar-refractivity contribution in [3.63, 3.8) is 0 Å². The minimum atomic E-state index is -3.56.